The van der Waals surface area contributed by atoms with E-state index in [1.165, 1.54) is 16.2 Å². The maximum atomic E-state index is 12.3. The van der Waals surface area contributed by atoms with Crippen LogP contribution in [0.1, 0.15) is 54.9 Å². The maximum absolute atomic E-state index is 12.3. The molecule has 0 saturated carbocycles. The minimum atomic E-state index is -0.327. The van der Waals surface area contributed by atoms with Gasteiger partial charge in [0.2, 0.25) is 5.91 Å². The molecule has 0 aromatic carbocycles. The number of amides is 1. The molecule has 0 spiro atoms. The fourth-order valence-electron chi connectivity index (χ4n) is 2.73. The van der Waals surface area contributed by atoms with E-state index < -0.39 is 0 Å². The Labute approximate surface area is 141 Å². The van der Waals surface area contributed by atoms with E-state index in [2.05, 4.69) is 17.6 Å². The second kappa shape index (κ2) is 7.93. The Morgan fingerprint density at radius 2 is 2.13 bits per heavy atom. The van der Waals surface area contributed by atoms with Gasteiger partial charge in [0.05, 0.1) is 18.7 Å². The summed E-state index contributed by atoms with van der Waals surface area (Å²) in [6, 6.07) is 0.239. The molecule has 0 fully saturated rings. The number of nitrogens with one attached hydrogen (secondary N) is 2. The molecule has 2 rings (SSSR count). The van der Waals surface area contributed by atoms with Crippen molar-refractivity contribution in [2.45, 2.75) is 53.0 Å². The zero-order valence-corrected chi connectivity index (χ0v) is 15.1. The average Bonchev–Trinajstić information content (AvgIpc) is 2.82. The third-order valence-corrected chi connectivity index (χ3v) is 5.08. The number of fused-ring (bicyclic) bond motifs is 1. The van der Waals surface area contributed by atoms with Gasteiger partial charge in [0.15, 0.2) is 0 Å². The number of hydrogen-bond acceptors (Lipinski definition) is 5. The molecule has 0 radical (unpaired) electrons. The number of carbonyl (C=O) groups excluding carboxylic acids is 2. The largest absolute Gasteiger partial charge is 0.462 e. The van der Waals surface area contributed by atoms with Crippen molar-refractivity contribution < 1.29 is 14.3 Å². The van der Waals surface area contributed by atoms with Gasteiger partial charge < -0.3 is 15.4 Å². The highest BCUT2D eigenvalue weighted by atomic mass is 32.1. The highest BCUT2D eigenvalue weighted by molar-refractivity contribution is 7.17. The van der Waals surface area contributed by atoms with E-state index in [0.717, 1.165) is 24.8 Å². The zero-order chi connectivity index (χ0) is 17.0. The monoisotopic (exact) mass is 338 g/mol. The Morgan fingerprint density at radius 3 is 2.78 bits per heavy atom. The Hall–Kier alpha value is -1.40. The highest BCUT2D eigenvalue weighted by Gasteiger charge is 2.29. The van der Waals surface area contributed by atoms with Crippen LogP contribution < -0.4 is 10.6 Å². The van der Waals surface area contributed by atoms with E-state index >= 15 is 0 Å². The number of thiophene rings is 1. The fraction of sp³-hybridized carbons (Fsp3) is 0.647. The van der Waals surface area contributed by atoms with Crippen molar-refractivity contribution in [3.63, 3.8) is 0 Å². The van der Waals surface area contributed by atoms with Crippen LogP contribution in [0.4, 0.5) is 5.00 Å². The van der Waals surface area contributed by atoms with Gasteiger partial charge in [-0.05, 0) is 37.7 Å². The summed E-state index contributed by atoms with van der Waals surface area (Å²) in [4.78, 5) is 25.7. The van der Waals surface area contributed by atoms with Crippen molar-refractivity contribution in [1.29, 1.82) is 0 Å². The van der Waals surface area contributed by atoms with Gasteiger partial charge in [0, 0.05) is 10.9 Å². The lowest BCUT2D eigenvalue weighted by molar-refractivity contribution is -0.115. The second-order valence-electron chi connectivity index (χ2n) is 6.36. The third-order valence-electron chi connectivity index (χ3n) is 3.92. The number of hydrogen-bond donors (Lipinski definition) is 2. The molecule has 1 amide bonds. The lowest BCUT2D eigenvalue weighted by atomic mass is 9.88. The van der Waals surface area contributed by atoms with Gasteiger partial charge in [-0.15, -0.1) is 11.3 Å². The highest BCUT2D eigenvalue weighted by Crippen LogP contribution is 2.40. The minimum absolute atomic E-state index is 0.129. The number of rotatable bonds is 6. The van der Waals surface area contributed by atoms with Crippen molar-refractivity contribution in [3.8, 4) is 0 Å². The van der Waals surface area contributed by atoms with Crippen LogP contribution in [0.15, 0.2) is 0 Å². The summed E-state index contributed by atoms with van der Waals surface area (Å²) in [5, 5.41) is 6.62. The van der Waals surface area contributed by atoms with Crippen LogP contribution >= 0.6 is 11.3 Å². The molecule has 0 bridgehead atoms. The van der Waals surface area contributed by atoms with Crippen LogP contribution in [-0.4, -0.2) is 31.1 Å². The quantitative estimate of drug-likeness (QED) is 0.783. The summed E-state index contributed by atoms with van der Waals surface area (Å²) in [7, 11) is 0. The second-order valence-corrected chi connectivity index (χ2v) is 7.47. The van der Waals surface area contributed by atoms with E-state index in [1.54, 1.807) is 6.92 Å². The van der Waals surface area contributed by atoms with Crippen LogP contribution in [0.25, 0.3) is 0 Å². The smallest absolute Gasteiger partial charge is 0.341 e. The summed E-state index contributed by atoms with van der Waals surface area (Å²) >= 11 is 1.52. The summed E-state index contributed by atoms with van der Waals surface area (Å²) in [6.45, 7) is 8.56. The first-order valence-electron chi connectivity index (χ1n) is 8.27. The molecule has 1 aromatic heterocycles. The molecule has 1 aliphatic rings. The van der Waals surface area contributed by atoms with E-state index in [1.807, 2.05) is 13.8 Å². The summed E-state index contributed by atoms with van der Waals surface area (Å²) in [6.07, 6.45) is 2.91. The third kappa shape index (κ3) is 4.54. The van der Waals surface area contributed by atoms with Gasteiger partial charge in [0.25, 0.3) is 0 Å². The molecule has 1 heterocycles. The van der Waals surface area contributed by atoms with E-state index in [-0.39, 0.29) is 24.5 Å². The number of anilines is 1. The number of carbonyl (C=O) groups is 2. The molecule has 23 heavy (non-hydrogen) atoms. The van der Waals surface area contributed by atoms with Gasteiger partial charge in [-0.3, -0.25) is 4.79 Å². The molecule has 1 atom stereocenters. The fourth-order valence-corrected chi connectivity index (χ4v) is 4.14. The minimum Gasteiger partial charge on any atom is -0.462 e. The average molecular weight is 338 g/mol. The lowest BCUT2D eigenvalue weighted by Crippen LogP contribution is -2.32. The first kappa shape index (κ1) is 17.9. The maximum Gasteiger partial charge on any atom is 0.341 e. The molecule has 6 heteroatoms. The van der Waals surface area contributed by atoms with Crippen molar-refractivity contribution >= 4 is 28.2 Å². The zero-order valence-electron chi connectivity index (χ0n) is 14.3. The molecule has 1 unspecified atom stereocenters. The first-order valence-corrected chi connectivity index (χ1v) is 9.08. The molecule has 0 aliphatic heterocycles. The Morgan fingerprint density at radius 1 is 1.39 bits per heavy atom. The first-order chi connectivity index (χ1) is 10.9. The van der Waals surface area contributed by atoms with Crippen molar-refractivity contribution in [2.75, 3.05) is 18.5 Å². The molecule has 1 aliphatic carbocycles. The molecule has 5 nitrogen and oxygen atoms in total. The Kier molecular flexibility index (Phi) is 6.18. The molecule has 2 N–H and O–H groups in total. The standard InChI is InChI=1S/C17H26N2O3S/c1-5-22-17(21)15-12-7-6-11(4)8-13(12)23-16(15)19-14(20)9-18-10(2)3/h10-11,18H,5-9H2,1-4H3,(H,19,20). The van der Waals surface area contributed by atoms with Crippen LogP contribution in [0.5, 0.6) is 0 Å². The molecule has 0 saturated heterocycles. The van der Waals surface area contributed by atoms with Gasteiger partial charge in [-0.2, -0.15) is 0 Å². The van der Waals surface area contributed by atoms with E-state index in [4.69, 9.17) is 4.74 Å². The predicted octanol–water partition coefficient (Wildman–Crippen LogP) is 2.99. The molecule has 1 aromatic rings. The van der Waals surface area contributed by atoms with Crippen LogP contribution in [-0.2, 0) is 22.4 Å². The number of ether oxygens (including phenoxy) is 1. The van der Waals surface area contributed by atoms with Gasteiger partial charge in [-0.1, -0.05) is 20.8 Å². The lowest BCUT2D eigenvalue weighted by Gasteiger charge is -2.18. The van der Waals surface area contributed by atoms with Crippen LogP contribution in [0, 0.1) is 5.92 Å². The number of esters is 1. The van der Waals surface area contributed by atoms with E-state index in [0.29, 0.717) is 23.1 Å². The predicted molar refractivity (Wildman–Crippen MR) is 93.2 cm³/mol. The summed E-state index contributed by atoms with van der Waals surface area (Å²) in [5.41, 5.74) is 1.63. The SMILES string of the molecule is CCOC(=O)c1c(NC(=O)CNC(C)C)sc2c1CCC(C)C2. The van der Waals surface area contributed by atoms with Crippen molar-refractivity contribution in [3.05, 3.63) is 16.0 Å². The van der Waals surface area contributed by atoms with Crippen molar-refractivity contribution in [2.24, 2.45) is 5.92 Å². The molecular formula is C17H26N2O3S. The Balaban J connectivity index is 2.23. The van der Waals surface area contributed by atoms with Gasteiger partial charge in [-0.25, -0.2) is 4.79 Å². The topological polar surface area (TPSA) is 67.4 Å². The van der Waals surface area contributed by atoms with Gasteiger partial charge >= 0.3 is 5.97 Å². The van der Waals surface area contributed by atoms with Crippen LogP contribution in [0.2, 0.25) is 0 Å². The van der Waals surface area contributed by atoms with Crippen molar-refractivity contribution in [1.82, 2.24) is 5.32 Å². The van der Waals surface area contributed by atoms with Gasteiger partial charge in [0.1, 0.15) is 5.00 Å². The summed E-state index contributed by atoms with van der Waals surface area (Å²) in [5.74, 6) is 0.157. The van der Waals surface area contributed by atoms with Crippen LogP contribution in [0.3, 0.4) is 0 Å². The van der Waals surface area contributed by atoms with E-state index in [9.17, 15) is 9.59 Å². The molecule has 128 valence electrons. The Bertz CT molecular complexity index is 581. The molecular weight excluding hydrogens is 312 g/mol. The normalized spacial score (nSPS) is 17.0. The summed E-state index contributed by atoms with van der Waals surface area (Å²) < 4.78 is 5.20.